The lowest BCUT2D eigenvalue weighted by atomic mass is 9.98. The van der Waals surface area contributed by atoms with Gasteiger partial charge in [0, 0.05) is 6.42 Å². The van der Waals surface area contributed by atoms with Gasteiger partial charge in [0.1, 0.15) is 6.10 Å². The molecule has 0 aliphatic carbocycles. The monoisotopic (exact) mass is 186 g/mol. The summed E-state index contributed by atoms with van der Waals surface area (Å²) in [6, 6.07) is 0. The summed E-state index contributed by atoms with van der Waals surface area (Å²) in [5.41, 5.74) is 0. The number of hydrogen-bond donors (Lipinski definition) is 1. The zero-order valence-corrected chi connectivity index (χ0v) is 9.21. The van der Waals surface area contributed by atoms with Crippen molar-refractivity contribution in [3.63, 3.8) is 0 Å². The summed E-state index contributed by atoms with van der Waals surface area (Å²) >= 11 is 0. The van der Waals surface area contributed by atoms with Gasteiger partial charge < -0.3 is 5.11 Å². The second-order valence-corrected chi connectivity index (χ2v) is 4.54. The summed E-state index contributed by atoms with van der Waals surface area (Å²) in [7, 11) is 0. The third-order valence-corrected chi connectivity index (χ3v) is 2.03. The fourth-order valence-electron chi connectivity index (χ4n) is 1.18. The van der Waals surface area contributed by atoms with E-state index in [4.69, 9.17) is 0 Å². The van der Waals surface area contributed by atoms with Crippen LogP contribution in [0.3, 0.4) is 0 Å². The summed E-state index contributed by atoms with van der Waals surface area (Å²) in [5, 5.41) is 9.45. The molecule has 0 radical (unpaired) electrons. The van der Waals surface area contributed by atoms with Gasteiger partial charge in [-0.3, -0.25) is 4.79 Å². The Morgan fingerprint density at radius 3 is 2.08 bits per heavy atom. The summed E-state index contributed by atoms with van der Waals surface area (Å²) in [4.78, 5) is 11.3. The molecule has 1 N–H and O–H groups in total. The van der Waals surface area contributed by atoms with Crippen LogP contribution in [-0.2, 0) is 4.79 Å². The van der Waals surface area contributed by atoms with Crippen LogP contribution in [0.25, 0.3) is 0 Å². The van der Waals surface area contributed by atoms with Crippen molar-refractivity contribution in [1.29, 1.82) is 0 Å². The maximum absolute atomic E-state index is 11.3. The van der Waals surface area contributed by atoms with E-state index in [1.165, 1.54) is 0 Å². The maximum Gasteiger partial charge on any atom is 0.161 e. The van der Waals surface area contributed by atoms with E-state index in [1.807, 2.05) is 13.8 Å². The van der Waals surface area contributed by atoms with E-state index in [0.717, 1.165) is 6.42 Å². The largest absolute Gasteiger partial charge is 0.385 e. The molecule has 0 aromatic carbocycles. The molecule has 0 aliphatic rings. The van der Waals surface area contributed by atoms with Gasteiger partial charge in [0.25, 0.3) is 0 Å². The zero-order valence-electron chi connectivity index (χ0n) is 9.21. The fourth-order valence-corrected chi connectivity index (χ4v) is 1.18. The third-order valence-electron chi connectivity index (χ3n) is 2.03. The van der Waals surface area contributed by atoms with Crippen LogP contribution < -0.4 is 0 Å². The average molecular weight is 186 g/mol. The summed E-state index contributed by atoms with van der Waals surface area (Å²) < 4.78 is 0. The minimum absolute atomic E-state index is 0.00222. The molecule has 0 amide bonds. The van der Waals surface area contributed by atoms with Crippen LogP contribution in [0.5, 0.6) is 0 Å². The van der Waals surface area contributed by atoms with Gasteiger partial charge in [-0.05, 0) is 24.7 Å². The fraction of sp³-hybridized carbons (Fsp3) is 0.909. The van der Waals surface area contributed by atoms with Gasteiger partial charge in [-0.2, -0.15) is 0 Å². The first-order valence-electron chi connectivity index (χ1n) is 5.14. The third kappa shape index (κ3) is 6.76. The first kappa shape index (κ1) is 12.6. The Hall–Kier alpha value is -0.370. The van der Waals surface area contributed by atoms with Gasteiger partial charge in [0.2, 0.25) is 0 Å². The smallest absolute Gasteiger partial charge is 0.161 e. The molecule has 2 nitrogen and oxygen atoms in total. The van der Waals surface area contributed by atoms with E-state index in [-0.39, 0.29) is 5.78 Å². The Morgan fingerprint density at radius 2 is 1.69 bits per heavy atom. The number of aliphatic hydroxyl groups is 1. The molecule has 0 heterocycles. The maximum atomic E-state index is 11.3. The van der Waals surface area contributed by atoms with E-state index in [9.17, 15) is 9.90 Å². The van der Waals surface area contributed by atoms with Crippen LogP contribution in [0.1, 0.15) is 47.0 Å². The minimum atomic E-state index is -0.737. The van der Waals surface area contributed by atoms with Gasteiger partial charge in [0.05, 0.1) is 0 Å². The lowest BCUT2D eigenvalue weighted by Crippen LogP contribution is -2.22. The van der Waals surface area contributed by atoms with E-state index in [2.05, 4.69) is 13.8 Å². The van der Waals surface area contributed by atoms with Crippen molar-refractivity contribution in [2.24, 2.45) is 11.8 Å². The van der Waals surface area contributed by atoms with Crippen molar-refractivity contribution in [2.45, 2.75) is 53.1 Å². The molecule has 0 aromatic rings. The normalized spacial score (nSPS) is 13.8. The Bertz CT molecular complexity index is 150. The minimum Gasteiger partial charge on any atom is -0.385 e. The SMILES string of the molecule is CC(C)CCC(=O)C(O)CC(C)C. The second-order valence-electron chi connectivity index (χ2n) is 4.54. The number of ketones is 1. The molecule has 13 heavy (non-hydrogen) atoms. The molecule has 0 saturated carbocycles. The highest BCUT2D eigenvalue weighted by Gasteiger charge is 2.15. The predicted molar refractivity (Wildman–Crippen MR) is 54.5 cm³/mol. The van der Waals surface area contributed by atoms with Crippen molar-refractivity contribution in [2.75, 3.05) is 0 Å². The molecule has 0 rings (SSSR count). The van der Waals surface area contributed by atoms with Gasteiger partial charge in [-0.1, -0.05) is 27.7 Å². The van der Waals surface area contributed by atoms with Crippen molar-refractivity contribution in [1.82, 2.24) is 0 Å². The topological polar surface area (TPSA) is 37.3 Å². The molecule has 1 unspecified atom stereocenters. The molecule has 0 aliphatic heterocycles. The molecular formula is C11H22O2. The lowest BCUT2D eigenvalue weighted by Gasteiger charge is -2.12. The van der Waals surface area contributed by atoms with E-state index in [0.29, 0.717) is 24.7 Å². The van der Waals surface area contributed by atoms with Gasteiger partial charge in [0.15, 0.2) is 5.78 Å². The predicted octanol–water partition coefficient (Wildman–Crippen LogP) is 2.40. The summed E-state index contributed by atoms with van der Waals surface area (Å²) in [5.74, 6) is 0.926. The molecule has 78 valence electrons. The molecule has 0 fully saturated rings. The van der Waals surface area contributed by atoms with Crippen LogP contribution in [0.2, 0.25) is 0 Å². The number of Topliss-reactive ketones (excluding diaryl/α,β-unsaturated/α-hetero) is 1. The van der Waals surface area contributed by atoms with Gasteiger partial charge >= 0.3 is 0 Å². The van der Waals surface area contributed by atoms with Crippen LogP contribution >= 0.6 is 0 Å². The van der Waals surface area contributed by atoms with Crippen molar-refractivity contribution in [3.8, 4) is 0 Å². The molecule has 0 saturated heterocycles. The van der Waals surface area contributed by atoms with Crippen LogP contribution in [0.4, 0.5) is 0 Å². The number of carbonyl (C=O) groups is 1. The Labute approximate surface area is 81.3 Å². The highest BCUT2D eigenvalue weighted by atomic mass is 16.3. The molecular weight excluding hydrogens is 164 g/mol. The Kier molecular flexibility index (Phi) is 5.97. The molecule has 0 aromatic heterocycles. The molecule has 0 spiro atoms. The van der Waals surface area contributed by atoms with Crippen LogP contribution in [0, 0.1) is 11.8 Å². The number of carbonyl (C=O) groups excluding carboxylic acids is 1. The lowest BCUT2D eigenvalue weighted by molar-refractivity contribution is -0.128. The average Bonchev–Trinajstić information content (AvgIpc) is 1.98. The van der Waals surface area contributed by atoms with Crippen molar-refractivity contribution >= 4 is 5.78 Å². The van der Waals surface area contributed by atoms with E-state index in [1.54, 1.807) is 0 Å². The number of rotatable bonds is 6. The summed E-state index contributed by atoms with van der Waals surface area (Å²) in [6.07, 6.45) is 1.26. The summed E-state index contributed by atoms with van der Waals surface area (Å²) in [6.45, 7) is 8.20. The molecule has 1 atom stereocenters. The van der Waals surface area contributed by atoms with Crippen molar-refractivity contribution in [3.05, 3.63) is 0 Å². The van der Waals surface area contributed by atoms with E-state index >= 15 is 0 Å². The van der Waals surface area contributed by atoms with Crippen LogP contribution in [0.15, 0.2) is 0 Å². The highest BCUT2D eigenvalue weighted by Crippen LogP contribution is 2.10. The zero-order chi connectivity index (χ0) is 10.4. The number of hydrogen-bond acceptors (Lipinski definition) is 2. The first-order chi connectivity index (χ1) is 5.93. The van der Waals surface area contributed by atoms with Crippen molar-refractivity contribution < 1.29 is 9.90 Å². The molecule has 2 heteroatoms. The number of aliphatic hydroxyl groups excluding tert-OH is 1. The highest BCUT2D eigenvalue weighted by molar-refractivity contribution is 5.82. The van der Waals surface area contributed by atoms with Gasteiger partial charge in [-0.25, -0.2) is 0 Å². The Morgan fingerprint density at radius 1 is 1.15 bits per heavy atom. The second kappa shape index (κ2) is 6.14. The van der Waals surface area contributed by atoms with E-state index < -0.39 is 6.10 Å². The van der Waals surface area contributed by atoms with Gasteiger partial charge in [-0.15, -0.1) is 0 Å². The van der Waals surface area contributed by atoms with Crippen LogP contribution in [-0.4, -0.2) is 17.0 Å². The quantitative estimate of drug-likeness (QED) is 0.691. The first-order valence-corrected chi connectivity index (χ1v) is 5.14. The Balaban J connectivity index is 3.69. The standard InChI is InChI=1S/C11H22O2/c1-8(2)5-6-10(12)11(13)7-9(3)4/h8-9,11,13H,5-7H2,1-4H3. The molecule has 0 bridgehead atoms.